The zero-order chi connectivity index (χ0) is 24.4. The highest BCUT2D eigenvalue weighted by atomic mass is 16.3. The van der Waals surface area contributed by atoms with Gasteiger partial charge in [0.1, 0.15) is 23.6 Å². The van der Waals surface area contributed by atoms with E-state index in [1.165, 1.54) is 18.9 Å². The van der Waals surface area contributed by atoms with Crippen molar-refractivity contribution in [2.24, 2.45) is 5.92 Å². The fourth-order valence-electron chi connectivity index (χ4n) is 4.71. The van der Waals surface area contributed by atoms with Crippen LogP contribution in [0, 0.1) is 12.8 Å². The van der Waals surface area contributed by atoms with E-state index in [-0.39, 0.29) is 11.3 Å². The van der Waals surface area contributed by atoms with Gasteiger partial charge >= 0.3 is 0 Å². The molecule has 1 aliphatic carbocycles. The topological polar surface area (TPSA) is 106 Å². The van der Waals surface area contributed by atoms with E-state index in [0.29, 0.717) is 23.4 Å². The van der Waals surface area contributed by atoms with Gasteiger partial charge in [0.25, 0.3) is 5.91 Å². The molecule has 1 aromatic carbocycles. The van der Waals surface area contributed by atoms with Gasteiger partial charge in [0.05, 0.1) is 5.56 Å². The van der Waals surface area contributed by atoms with Crippen LogP contribution in [0.3, 0.4) is 0 Å². The van der Waals surface area contributed by atoms with E-state index in [4.69, 9.17) is 0 Å². The van der Waals surface area contributed by atoms with Crippen LogP contribution in [-0.4, -0.2) is 35.7 Å². The average molecular weight is 469 g/mol. The van der Waals surface area contributed by atoms with E-state index >= 15 is 0 Å². The molecule has 5 rings (SSSR count). The van der Waals surface area contributed by atoms with E-state index < -0.39 is 5.91 Å². The molecule has 1 aliphatic rings. The molecule has 0 aliphatic heterocycles. The lowest BCUT2D eigenvalue weighted by Gasteiger charge is -2.15. The maximum atomic E-state index is 13.1. The molecule has 1 saturated carbocycles. The summed E-state index contributed by atoms with van der Waals surface area (Å²) in [5.74, 6) is 1.25. The van der Waals surface area contributed by atoms with E-state index in [9.17, 15) is 9.90 Å². The van der Waals surface area contributed by atoms with Crippen molar-refractivity contribution >= 4 is 11.7 Å². The molecule has 3 heterocycles. The number of pyridine rings is 2. The molecule has 8 nitrogen and oxygen atoms in total. The van der Waals surface area contributed by atoms with Crippen molar-refractivity contribution < 1.29 is 9.90 Å². The molecule has 4 aromatic rings. The van der Waals surface area contributed by atoms with Crippen molar-refractivity contribution in [2.75, 3.05) is 5.32 Å². The van der Waals surface area contributed by atoms with Crippen LogP contribution in [0.5, 0.6) is 5.75 Å². The van der Waals surface area contributed by atoms with Gasteiger partial charge in [-0.25, -0.2) is 4.98 Å². The van der Waals surface area contributed by atoms with Gasteiger partial charge < -0.3 is 15.0 Å². The summed E-state index contributed by atoms with van der Waals surface area (Å²) in [5.41, 5.74) is 3.36. The molecule has 1 amide bonds. The first-order valence-electron chi connectivity index (χ1n) is 12.0. The van der Waals surface area contributed by atoms with Crippen molar-refractivity contribution in [3.8, 4) is 28.4 Å². The molecule has 2 N–H and O–H groups in total. The Balaban J connectivity index is 1.37. The highest BCUT2D eigenvalue weighted by Gasteiger charge is 2.27. The van der Waals surface area contributed by atoms with Gasteiger partial charge in [0, 0.05) is 23.5 Å². The minimum absolute atomic E-state index is 0.103. The molecule has 8 heteroatoms. The summed E-state index contributed by atoms with van der Waals surface area (Å²) in [6.07, 6.45) is 8.13. The lowest BCUT2D eigenvalue weighted by molar-refractivity contribution is 0.102. The van der Waals surface area contributed by atoms with Gasteiger partial charge in [-0.1, -0.05) is 31.5 Å². The van der Waals surface area contributed by atoms with Crippen LogP contribution in [0.1, 0.15) is 54.7 Å². The molecule has 0 radical (unpaired) electrons. The third-order valence-electron chi connectivity index (χ3n) is 6.76. The number of nitrogens with zero attached hydrogens (tertiary/aromatic N) is 5. The molecule has 0 spiro atoms. The summed E-state index contributed by atoms with van der Waals surface area (Å²) in [7, 11) is 0. The molecular weight excluding hydrogens is 440 g/mol. The lowest BCUT2D eigenvalue weighted by atomic mass is 10.0. The van der Waals surface area contributed by atoms with Gasteiger partial charge in [0.2, 0.25) is 0 Å². The maximum absolute atomic E-state index is 13.1. The number of hydrogen-bond donors (Lipinski definition) is 2. The van der Waals surface area contributed by atoms with Crippen LogP contribution in [0.2, 0.25) is 0 Å². The molecule has 35 heavy (non-hydrogen) atoms. The minimum Gasteiger partial charge on any atom is -0.507 e. The predicted molar refractivity (Wildman–Crippen MR) is 134 cm³/mol. The number of anilines is 1. The Bertz CT molecular complexity index is 1350. The smallest absolute Gasteiger partial charge is 0.260 e. The first kappa shape index (κ1) is 22.7. The Morgan fingerprint density at radius 2 is 2.00 bits per heavy atom. The van der Waals surface area contributed by atoms with Gasteiger partial charge in [-0.05, 0) is 68.0 Å². The minimum atomic E-state index is -0.447. The average Bonchev–Trinajstić information content (AvgIpc) is 3.54. The second-order valence-corrected chi connectivity index (χ2v) is 9.09. The zero-order valence-electron chi connectivity index (χ0n) is 19.8. The molecule has 1 unspecified atom stereocenters. The number of rotatable bonds is 6. The number of carbonyl (C=O) groups excluding carboxylic acids is 1. The Labute approximate surface area is 204 Å². The number of hydrogen-bond acceptors (Lipinski definition) is 6. The SMILES string of the molecule is CCC1CC[C@H](n2cnnc2-c2cccc(NC(=O)c3cc(-c4ccc(C)nc4)ccc3O)n2)C1. The third-order valence-corrected chi connectivity index (χ3v) is 6.76. The Morgan fingerprint density at radius 3 is 2.77 bits per heavy atom. The number of carbonyl (C=O) groups is 1. The van der Waals surface area contributed by atoms with Crippen molar-refractivity contribution in [3.63, 3.8) is 0 Å². The molecule has 178 valence electrons. The third kappa shape index (κ3) is 4.77. The molecular formula is C27H28N6O2. The number of phenols is 1. The van der Waals surface area contributed by atoms with Crippen molar-refractivity contribution in [1.82, 2.24) is 24.7 Å². The number of aryl methyl sites for hydroxylation is 1. The molecule has 1 fully saturated rings. The van der Waals surface area contributed by atoms with Crippen molar-refractivity contribution in [1.29, 1.82) is 0 Å². The van der Waals surface area contributed by atoms with Crippen LogP contribution >= 0.6 is 0 Å². The molecule has 0 bridgehead atoms. The van der Waals surface area contributed by atoms with Gasteiger partial charge in [0.15, 0.2) is 5.82 Å². The number of amides is 1. The predicted octanol–water partition coefficient (Wildman–Crippen LogP) is 5.42. The Morgan fingerprint density at radius 1 is 1.14 bits per heavy atom. The van der Waals surface area contributed by atoms with E-state index in [0.717, 1.165) is 35.6 Å². The maximum Gasteiger partial charge on any atom is 0.260 e. The van der Waals surface area contributed by atoms with E-state index in [1.807, 2.05) is 31.2 Å². The Hall–Kier alpha value is -4.07. The number of aromatic hydroxyl groups is 1. The zero-order valence-corrected chi connectivity index (χ0v) is 19.8. The van der Waals surface area contributed by atoms with Crippen LogP contribution in [-0.2, 0) is 0 Å². The number of benzene rings is 1. The van der Waals surface area contributed by atoms with Crippen LogP contribution in [0.25, 0.3) is 22.6 Å². The first-order chi connectivity index (χ1) is 17.0. The number of aromatic nitrogens is 5. The van der Waals surface area contributed by atoms with Crippen molar-refractivity contribution in [3.05, 3.63) is 72.3 Å². The second-order valence-electron chi connectivity index (χ2n) is 9.09. The second kappa shape index (κ2) is 9.66. The van der Waals surface area contributed by atoms with Crippen LogP contribution in [0.4, 0.5) is 5.82 Å². The highest BCUT2D eigenvalue weighted by molar-refractivity contribution is 6.06. The molecule has 0 saturated heterocycles. The van der Waals surface area contributed by atoms with Crippen molar-refractivity contribution in [2.45, 2.75) is 45.6 Å². The summed E-state index contributed by atoms with van der Waals surface area (Å²) < 4.78 is 2.11. The largest absolute Gasteiger partial charge is 0.507 e. The van der Waals surface area contributed by atoms with E-state index in [1.54, 1.807) is 30.7 Å². The van der Waals surface area contributed by atoms with Gasteiger partial charge in [-0.3, -0.25) is 9.78 Å². The van der Waals surface area contributed by atoms with Crippen LogP contribution < -0.4 is 5.32 Å². The summed E-state index contributed by atoms with van der Waals surface area (Å²) in [6.45, 7) is 4.15. The first-order valence-corrected chi connectivity index (χ1v) is 12.0. The van der Waals surface area contributed by atoms with Crippen LogP contribution in [0.15, 0.2) is 61.1 Å². The summed E-state index contributed by atoms with van der Waals surface area (Å²) >= 11 is 0. The molecule has 2 atom stereocenters. The summed E-state index contributed by atoms with van der Waals surface area (Å²) in [6, 6.07) is 14.5. The number of nitrogens with one attached hydrogen (secondary N) is 1. The molecule has 3 aromatic heterocycles. The quantitative estimate of drug-likeness (QED) is 0.391. The Kier molecular flexibility index (Phi) is 6.27. The fourth-order valence-corrected chi connectivity index (χ4v) is 4.71. The monoisotopic (exact) mass is 468 g/mol. The highest BCUT2D eigenvalue weighted by Crippen LogP contribution is 2.38. The van der Waals surface area contributed by atoms with E-state index in [2.05, 4.69) is 37.0 Å². The van der Waals surface area contributed by atoms with Gasteiger partial charge in [-0.2, -0.15) is 0 Å². The number of phenolic OH excluding ortho intramolecular Hbond substituents is 1. The lowest BCUT2D eigenvalue weighted by Crippen LogP contribution is -2.14. The fraction of sp³-hybridized carbons (Fsp3) is 0.296. The van der Waals surface area contributed by atoms with Gasteiger partial charge in [-0.15, -0.1) is 10.2 Å². The standard InChI is InChI=1S/C27H28N6O2/c1-3-18-8-11-21(13-18)33-16-29-32-26(33)23-5-4-6-25(30-23)31-27(35)22-14-19(10-12-24(22)34)20-9-7-17(2)28-15-20/h4-7,9-10,12,14-16,18,21,34H,3,8,11,13H2,1-2H3,(H,30,31,35)/t18?,21-/m0/s1. The summed E-state index contributed by atoms with van der Waals surface area (Å²) in [4.78, 5) is 22.0. The summed E-state index contributed by atoms with van der Waals surface area (Å²) in [5, 5.41) is 21.6. The normalized spacial score (nSPS) is 17.4.